The molecule has 0 aromatic heterocycles. The third-order valence-electron chi connectivity index (χ3n) is 0.105. The molecule has 13 heavy (non-hydrogen) atoms. The number of nitrogens with zero attached hydrogens (tertiary/aromatic N) is 2. The molecule has 0 aliphatic heterocycles. The summed E-state index contributed by atoms with van der Waals surface area (Å²) in [6.45, 7) is 0. The van der Waals surface area contributed by atoms with Crippen LogP contribution in [0.4, 0.5) is 0 Å². The Bertz CT molecular complexity index is 110. The summed E-state index contributed by atoms with van der Waals surface area (Å²) in [4.78, 5) is 20.5. The maximum absolute atomic E-state index is 8.89. The van der Waals surface area contributed by atoms with Gasteiger partial charge >= 0.3 is 51.4 Å². The topological polar surface area (TPSA) is 149 Å². The van der Waals surface area contributed by atoms with Crippen molar-refractivity contribution in [3.8, 4) is 0 Å². The van der Waals surface area contributed by atoms with E-state index in [0.29, 0.717) is 0 Å². The molecule has 0 aromatic rings. The van der Waals surface area contributed by atoms with Gasteiger partial charge in [-0.25, -0.2) is 0 Å². The summed E-state index contributed by atoms with van der Waals surface area (Å²) in [6, 6.07) is 0. The minimum Gasteiger partial charge on any atom is -0.693 e. The van der Waals surface area contributed by atoms with Gasteiger partial charge < -0.3 is 23.6 Å². The summed E-state index contributed by atoms with van der Waals surface area (Å²) < 4.78 is 0. The van der Waals surface area contributed by atoms with Gasteiger partial charge in [0.1, 0.15) is 0 Å². The predicted molar refractivity (Wildman–Crippen MR) is 33.9 cm³/mol. The maximum Gasteiger partial charge on any atom is 1.00 e. The molecule has 1 radical (unpaired) electrons. The van der Waals surface area contributed by atoms with Gasteiger partial charge in [-0.1, -0.05) is 0 Å². The van der Waals surface area contributed by atoms with E-state index in [0.717, 1.165) is 0 Å². The number of rotatable bonds is 1. The summed E-state index contributed by atoms with van der Waals surface area (Å²) in [5.74, 6) is 0. The van der Waals surface area contributed by atoms with Crippen molar-refractivity contribution in [3.63, 3.8) is 0 Å². The van der Waals surface area contributed by atoms with Crippen LogP contribution in [0.1, 0.15) is 0 Å². The first kappa shape index (κ1) is 36.9. The van der Waals surface area contributed by atoms with Crippen LogP contribution in [0.2, 0.25) is 0 Å². The molecular formula is C2H8KN3O6Y-2. The fraction of sp³-hybridized carbons (Fsp3) is 0. The van der Waals surface area contributed by atoms with Gasteiger partial charge in [-0.15, -0.1) is 20.2 Å². The van der Waals surface area contributed by atoms with Crippen molar-refractivity contribution in [2.75, 3.05) is 0 Å². The zero-order valence-corrected chi connectivity index (χ0v) is 13.2. The Morgan fingerprint density at radius 3 is 1.38 bits per heavy atom. The molecule has 0 heterocycles. The molecule has 0 unspecified atom stereocenters. The Labute approximate surface area is 143 Å². The second kappa shape index (κ2) is 29.2. The molecule has 0 saturated heterocycles. The van der Waals surface area contributed by atoms with Gasteiger partial charge in [0.25, 0.3) is 10.2 Å². The average molecular weight is 298 g/mol. The Hall–Kier alpha value is 1.10. The Morgan fingerprint density at radius 1 is 1.31 bits per heavy atom. The fourth-order valence-electron chi connectivity index (χ4n) is 0. The number of hydrogen-bond donors (Lipinski definition) is 1. The Kier molecular flexibility index (Phi) is 82.9. The molecule has 0 saturated carbocycles. The molecule has 0 atom stereocenters. The number of nitrogens with two attached hydrogens (primary N) is 1. The van der Waals surface area contributed by atoms with Crippen LogP contribution >= 0.6 is 0 Å². The van der Waals surface area contributed by atoms with Gasteiger partial charge in [0.05, 0.1) is 0 Å². The van der Waals surface area contributed by atoms with Crippen LogP contribution < -0.4 is 51.4 Å². The quantitative estimate of drug-likeness (QED) is 0.251. The number of hydrogen-bond acceptors (Lipinski definition) is 5. The first-order chi connectivity index (χ1) is 4.00. The molecule has 73 valence electrons. The van der Waals surface area contributed by atoms with E-state index in [-0.39, 0.29) is 97.7 Å². The van der Waals surface area contributed by atoms with Crippen molar-refractivity contribution in [3.05, 3.63) is 40.9 Å². The minimum absolute atomic E-state index is 0. The first-order valence-corrected chi connectivity index (χ1v) is 1.40. The normalized spacial score (nSPS) is 4.38. The zero-order chi connectivity index (χ0) is 7.86. The van der Waals surface area contributed by atoms with E-state index in [1.54, 1.807) is 0 Å². The van der Waals surface area contributed by atoms with Crippen molar-refractivity contribution < 1.29 is 104 Å². The third kappa shape index (κ3) is 168. The second-order valence-corrected chi connectivity index (χ2v) is 0.591. The summed E-state index contributed by atoms with van der Waals surface area (Å²) in [5.41, 5.74) is 0. The monoisotopic (exact) mass is 298 g/mol. The van der Waals surface area contributed by atoms with Crippen LogP contribution in [-0.4, -0.2) is 15.4 Å². The molecule has 0 spiro atoms. The molecule has 0 aliphatic rings. The first-order valence-electron chi connectivity index (χ1n) is 1.40. The van der Waals surface area contributed by atoms with E-state index >= 15 is 0 Å². The van der Waals surface area contributed by atoms with Crippen molar-refractivity contribution in [1.82, 2.24) is 0 Å². The SMILES string of the molecule is O=[N+]([O-])O.[CH2-]O[N+](=O)[O-].[CH3-].[K+].[NH2-].[Y]. The van der Waals surface area contributed by atoms with Gasteiger partial charge in [0.15, 0.2) is 0 Å². The van der Waals surface area contributed by atoms with Gasteiger partial charge in [0, 0.05) is 32.7 Å². The fourth-order valence-corrected chi connectivity index (χ4v) is 0. The standard InChI is InChI=1S/CH2NO3.CH3.K.HNO3.H2N.Y/c1-5-2(3)4;;;2-1(3)4;;/h1H2;1H3;;(H,2,3,4);1H2;/q2*-1;+1;;-1;. The molecular weight excluding hydrogens is 290 g/mol. The van der Waals surface area contributed by atoms with E-state index in [1.165, 1.54) is 0 Å². The van der Waals surface area contributed by atoms with E-state index in [9.17, 15) is 0 Å². The van der Waals surface area contributed by atoms with Crippen molar-refractivity contribution in [2.45, 2.75) is 0 Å². The Morgan fingerprint density at radius 2 is 1.38 bits per heavy atom. The van der Waals surface area contributed by atoms with Crippen LogP contribution in [0.15, 0.2) is 0 Å². The molecule has 3 N–H and O–H groups in total. The Balaban J connectivity index is -0.0000000146. The van der Waals surface area contributed by atoms with Crippen molar-refractivity contribution >= 4 is 0 Å². The minimum atomic E-state index is -1.50. The molecule has 9 nitrogen and oxygen atoms in total. The van der Waals surface area contributed by atoms with Gasteiger partial charge in [-0.05, 0) is 0 Å². The van der Waals surface area contributed by atoms with Gasteiger partial charge in [0.2, 0.25) is 0 Å². The molecule has 0 aliphatic carbocycles. The summed E-state index contributed by atoms with van der Waals surface area (Å²) in [6.07, 6.45) is 0. The third-order valence-corrected chi connectivity index (χ3v) is 0.105. The van der Waals surface area contributed by atoms with Gasteiger partial charge in [-0.3, -0.25) is 0 Å². The van der Waals surface area contributed by atoms with E-state index in [1.807, 2.05) is 0 Å². The zero-order valence-electron chi connectivity index (χ0n) is 7.24. The van der Waals surface area contributed by atoms with Crippen LogP contribution in [0, 0.1) is 34.8 Å². The van der Waals surface area contributed by atoms with E-state index < -0.39 is 10.2 Å². The summed E-state index contributed by atoms with van der Waals surface area (Å²) in [5, 5.41) is 21.5. The van der Waals surface area contributed by atoms with Crippen LogP contribution in [0.3, 0.4) is 0 Å². The largest absolute Gasteiger partial charge is 1.00 e. The van der Waals surface area contributed by atoms with Gasteiger partial charge in [-0.2, -0.15) is 7.11 Å². The second-order valence-electron chi connectivity index (χ2n) is 0.591. The van der Waals surface area contributed by atoms with E-state index in [2.05, 4.69) is 11.9 Å². The maximum atomic E-state index is 8.89. The van der Waals surface area contributed by atoms with Crippen molar-refractivity contribution in [1.29, 1.82) is 0 Å². The summed E-state index contributed by atoms with van der Waals surface area (Å²) >= 11 is 0. The molecule has 0 aromatic carbocycles. The molecule has 0 rings (SSSR count). The molecule has 0 bridgehead atoms. The van der Waals surface area contributed by atoms with Crippen LogP contribution in [0.5, 0.6) is 0 Å². The smallest absolute Gasteiger partial charge is 0.693 e. The molecule has 0 fully saturated rings. The predicted octanol–water partition coefficient (Wildman–Crippen LogP) is -2.19. The van der Waals surface area contributed by atoms with E-state index in [4.69, 9.17) is 25.4 Å². The molecule has 11 heteroatoms. The average Bonchev–Trinajstić information content (AvgIpc) is 1.65. The summed E-state index contributed by atoms with van der Waals surface area (Å²) in [7, 11) is 2.49. The molecule has 0 amide bonds. The van der Waals surface area contributed by atoms with Crippen molar-refractivity contribution in [2.24, 2.45) is 0 Å². The van der Waals surface area contributed by atoms with Crippen LogP contribution in [0.25, 0.3) is 6.15 Å². The van der Waals surface area contributed by atoms with Crippen LogP contribution in [-0.2, 0) is 37.5 Å².